The van der Waals surface area contributed by atoms with Crippen LogP contribution in [-0.4, -0.2) is 107 Å². The minimum atomic E-state index is -4.92. The Hall–Kier alpha value is -1.32. The summed E-state index contributed by atoms with van der Waals surface area (Å²) in [7, 11) is -1.37. The zero-order valence-electron chi connectivity index (χ0n) is 12.3. The summed E-state index contributed by atoms with van der Waals surface area (Å²) in [6.07, 6.45) is 5.24. The molecule has 0 fully saturated rings. The van der Waals surface area contributed by atoms with E-state index < -0.39 is 20.8 Å². The number of rotatable bonds is 0. The first-order chi connectivity index (χ1) is 9.61. The summed E-state index contributed by atoms with van der Waals surface area (Å²) < 4.78 is 70.1. The van der Waals surface area contributed by atoms with Crippen LogP contribution in [0.3, 0.4) is 0 Å². The summed E-state index contributed by atoms with van der Waals surface area (Å²) in [4.78, 5) is 4.48. The van der Waals surface area contributed by atoms with Crippen LogP contribution in [0.1, 0.15) is 0 Å². The molecule has 2 heterocycles. The van der Waals surface area contributed by atoms with E-state index >= 15 is 0 Å². The lowest BCUT2D eigenvalue weighted by Crippen LogP contribution is -2.44. The Bertz CT molecular complexity index is 584. The van der Waals surface area contributed by atoms with E-state index in [-0.39, 0.29) is 0 Å². The van der Waals surface area contributed by atoms with Crippen LogP contribution in [0.25, 0.3) is 0 Å². The van der Waals surface area contributed by atoms with E-state index in [0.717, 1.165) is 0 Å². The van der Waals surface area contributed by atoms with Crippen LogP contribution < -0.4 is 0 Å². The molecule has 0 aliphatic carbocycles. The Kier molecular flexibility index (Phi) is 6.86. The second kappa shape index (κ2) is 7.30. The third-order valence-corrected chi connectivity index (χ3v) is 2.66. The highest BCUT2D eigenvalue weighted by atomic mass is 32.3. The van der Waals surface area contributed by atoms with Gasteiger partial charge in [-0.3, -0.25) is 9.11 Å². The minimum absolute atomic E-state index is 0.472. The summed E-state index contributed by atoms with van der Waals surface area (Å²) in [6.45, 7) is 0. The third kappa shape index (κ3) is 8.20. The average Bonchev–Trinajstić information content (AvgIpc) is 2.63. The standard InChI is InChI=1S/C8H16N4.2H2O4S/c1-9-5-10(2)8-7(9)11(3)6-12(8)4;2*1-5(2,3)4/h5-8H,1-4H3;2*(H2,1,2,3,4)/q+2;;/p-2. The third-order valence-electron chi connectivity index (χ3n) is 2.66. The highest BCUT2D eigenvalue weighted by molar-refractivity contribution is 7.80. The van der Waals surface area contributed by atoms with E-state index in [1.165, 1.54) is 0 Å². The Morgan fingerprint density at radius 3 is 1.32 bits per heavy atom. The lowest BCUT2D eigenvalue weighted by molar-refractivity contribution is -0.742. The molecule has 2 rings (SSSR count). The molecule has 0 atom stereocenters. The van der Waals surface area contributed by atoms with Gasteiger partial charge in [0.25, 0.3) is 0 Å². The number of nitrogens with zero attached hydrogens (tertiary/aromatic N) is 4. The van der Waals surface area contributed by atoms with Crippen LogP contribution in [-0.2, 0) is 20.8 Å². The van der Waals surface area contributed by atoms with Gasteiger partial charge in [0.2, 0.25) is 33.5 Å². The van der Waals surface area contributed by atoms with Crippen molar-refractivity contribution in [2.75, 3.05) is 28.2 Å². The van der Waals surface area contributed by atoms with E-state index in [9.17, 15) is 0 Å². The van der Waals surface area contributed by atoms with Crippen molar-refractivity contribution in [3.05, 3.63) is 0 Å². The van der Waals surface area contributed by atoms with Crippen LogP contribution in [0.15, 0.2) is 0 Å². The van der Waals surface area contributed by atoms with Crippen LogP contribution >= 0.6 is 0 Å². The van der Waals surface area contributed by atoms with Crippen molar-refractivity contribution in [1.29, 1.82) is 0 Å². The molecule has 14 heteroatoms. The zero-order chi connectivity index (χ0) is 17.9. The smallest absolute Gasteiger partial charge is 0.315 e. The molecule has 0 saturated carbocycles. The van der Waals surface area contributed by atoms with Gasteiger partial charge in [-0.15, -0.1) is 0 Å². The predicted molar refractivity (Wildman–Crippen MR) is 72.3 cm³/mol. The van der Waals surface area contributed by atoms with Crippen molar-refractivity contribution in [1.82, 2.24) is 9.80 Å². The van der Waals surface area contributed by atoms with Gasteiger partial charge in [-0.05, 0) is 0 Å². The first-order valence-corrected chi connectivity index (χ1v) is 8.28. The number of fused-ring (bicyclic) bond motifs is 1. The lowest BCUT2D eigenvalue weighted by Gasteiger charge is -2.13. The molecule has 2 aliphatic heterocycles. The Balaban J connectivity index is 0.000000372. The fourth-order valence-electron chi connectivity index (χ4n) is 2.26. The highest BCUT2D eigenvalue weighted by Crippen LogP contribution is 2.17. The van der Waals surface area contributed by atoms with Gasteiger partial charge in [0.05, 0.1) is 28.2 Å². The fourth-order valence-corrected chi connectivity index (χ4v) is 2.26. The minimum Gasteiger partial charge on any atom is -0.726 e. The molecule has 22 heavy (non-hydrogen) atoms. The predicted octanol–water partition coefficient (Wildman–Crippen LogP) is -3.12. The van der Waals surface area contributed by atoms with Gasteiger partial charge in [0.1, 0.15) is 0 Å². The molecular formula is C8H18N4O8S2. The van der Waals surface area contributed by atoms with Crippen molar-refractivity contribution in [2.24, 2.45) is 0 Å². The maximum atomic E-state index is 8.63. The molecule has 0 saturated heterocycles. The zero-order valence-corrected chi connectivity index (χ0v) is 13.9. The summed E-state index contributed by atoms with van der Waals surface area (Å²) in [5, 5.41) is 0. The SMILES string of the molecule is CN1C=[N+](C)C2C1N(C)C=[N+]2C.O=S(=O)([O-])O.O=S(=O)([O-])O. The molecule has 0 aromatic heterocycles. The van der Waals surface area contributed by atoms with Gasteiger partial charge in [0, 0.05) is 0 Å². The van der Waals surface area contributed by atoms with Crippen LogP contribution in [0.5, 0.6) is 0 Å². The summed E-state index contributed by atoms with van der Waals surface area (Å²) >= 11 is 0. The molecule has 0 aromatic rings. The first-order valence-electron chi connectivity index (χ1n) is 5.55. The Morgan fingerprint density at radius 2 is 1.14 bits per heavy atom. The normalized spacial score (nSPS) is 23.6. The molecule has 2 N–H and O–H groups in total. The van der Waals surface area contributed by atoms with Gasteiger partial charge in [-0.2, -0.15) is 0 Å². The quantitative estimate of drug-likeness (QED) is 0.255. The van der Waals surface area contributed by atoms with E-state index in [0.29, 0.717) is 12.3 Å². The first kappa shape index (κ1) is 20.7. The van der Waals surface area contributed by atoms with Crippen molar-refractivity contribution >= 4 is 33.5 Å². The number of likely N-dealkylation sites (N-methyl/N-ethyl adjacent to an activating group) is 4. The highest BCUT2D eigenvalue weighted by Gasteiger charge is 2.52. The van der Waals surface area contributed by atoms with Crippen LogP contribution in [0, 0.1) is 0 Å². The van der Waals surface area contributed by atoms with E-state index in [1.54, 1.807) is 0 Å². The monoisotopic (exact) mass is 362 g/mol. The van der Waals surface area contributed by atoms with E-state index in [2.05, 4.69) is 59.8 Å². The maximum absolute atomic E-state index is 8.63. The molecule has 0 radical (unpaired) electrons. The van der Waals surface area contributed by atoms with Crippen LogP contribution in [0.2, 0.25) is 0 Å². The average molecular weight is 362 g/mol. The topological polar surface area (TPSA) is 167 Å². The molecule has 0 aromatic carbocycles. The Morgan fingerprint density at radius 1 is 0.909 bits per heavy atom. The van der Waals surface area contributed by atoms with E-state index in [1.807, 2.05) is 0 Å². The number of hydrogen-bond donors (Lipinski definition) is 2. The summed E-state index contributed by atoms with van der Waals surface area (Å²) in [6, 6.07) is 0. The lowest BCUT2D eigenvalue weighted by atomic mass is 10.3. The van der Waals surface area contributed by atoms with Crippen molar-refractivity contribution in [3.8, 4) is 0 Å². The molecule has 2 aliphatic rings. The summed E-state index contributed by atoms with van der Waals surface area (Å²) in [5.41, 5.74) is 0. The molecule has 12 nitrogen and oxygen atoms in total. The largest absolute Gasteiger partial charge is 0.726 e. The van der Waals surface area contributed by atoms with Crippen molar-refractivity contribution < 1.29 is 44.2 Å². The Labute approximate surface area is 128 Å². The molecular weight excluding hydrogens is 344 g/mol. The number of hydrogen-bond acceptors (Lipinski definition) is 8. The van der Waals surface area contributed by atoms with E-state index in [4.69, 9.17) is 35.0 Å². The summed E-state index contributed by atoms with van der Waals surface area (Å²) in [5.74, 6) is 0. The molecule has 0 spiro atoms. The van der Waals surface area contributed by atoms with Gasteiger partial charge >= 0.3 is 12.3 Å². The van der Waals surface area contributed by atoms with Gasteiger partial charge in [0.15, 0.2) is 0 Å². The molecule has 0 unspecified atom stereocenters. The maximum Gasteiger partial charge on any atom is 0.315 e. The van der Waals surface area contributed by atoms with Crippen LogP contribution in [0.4, 0.5) is 0 Å². The van der Waals surface area contributed by atoms with Crippen molar-refractivity contribution in [3.63, 3.8) is 0 Å². The molecule has 130 valence electrons. The van der Waals surface area contributed by atoms with Crippen molar-refractivity contribution in [2.45, 2.75) is 12.3 Å². The second-order valence-electron chi connectivity index (χ2n) is 4.58. The second-order valence-corrected chi connectivity index (χ2v) is 6.29. The van der Waals surface area contributed by atoms with Gasteiger partial charge in [-0.1, -0.05) is 0 Å². The molecule has 0 amide bonds. The molecule has 0 bridgehead atoms. The fraction of sp³-hybridized carbons (Fsp3) is 0.750. The van der Waals surface area contributed by atoms with Gasteiger partial charge in [-0.25, -0.2) is 35.8 Å². The van der Waals surface area contributed by atoms with Gasteiger partial charge < -0.3 is 9.11 Å².